The lowest BCUT2D eigenvalue weighted by Gasteiger charge is -2.50. The van der Waals surface area contributed by atoms with Gasteiger partial charge in [0.15, 0.2) is 0 Å². The van der Waals surface area contributed by atoms with E-state index in [0.29, 0.717) is 12.3 Å². The molecule has 2 aromatic rings. The molecule has 1 amide bonds. The van der Waals surface area contributed by atoms with Gasteiger partial charge in [0, 0.05) is 12.5 Å². The molecular weight excluding hydrogens is 324 g/mol. The number of hydrogen-bond donors (Lipinski definition) is 1. The Morgan fingerprint density at radius 2 is 1.77 bits per heavy atom. The Bertz CT molecular complexity index is 757. The second-order valence-corrected chi connectivity index (χ2v) is 7.58. The van der Waals surface area contributed by atoms with Crippen molar-refractivity contribution in [3.05, 3.63) is 60.2 Å². The first-order valence-corrected chi connectivity index (χ1v) is 9.35. The monoisotopic (exact) mass is 350 g/mol. The van der Waals surface area contributed by atoms with Gasteiger partial charge in [0.05, 0.1) is 24.6 Å². The summed E-state index contributed by atoms with van der Waals surface area (Å²) in [4.78, 5) is 14.7. The highest BCUT2D eigenvalue weighted by Gasteiger charge is 2.55. The third-order valence-corrected chi connectivity index (χ3v) is 5.70. The SMILES string of the molecule is CN(C)C1C(NC(=O)Cc2ccc(-c3ccccc3)cc2)C2CCOC21. The topological polar surface area (TPSA) is 41.6 Å². The van der Waals surface area contributed by atoms with Gasteiger partial charge in [-0.25, -0.2) is 0 Å². The number of hydrogen-bond acceptors (Lipinski definition) is 3. The molecule has 1 saturated heterocycles. The van der Waals surface area contributed by atoms with E-state index in [-0.39, 0.29) is 24.1 Å². The van der Waals surface area contributed by atoms with Crippen LogP contribution in [0, 0.1) is 5.92 Å². The molecule has 1 N–H and O–H groups in total. The Hall–Kier alpha value is -2.17. The van der Waals surface area contributed by atoms with Crippen molar-refractivity contribution in [2.75, 3.05) is 20.7 Å². The maximum absolute atomic E-state index is 12.6. The zero-order valence-electron chi connectivity index (χ0n) is 15.4. The highest BCUT2D eigenvalue weighted by atomic mass is 16.5. The van der Waals surface area contributed by atoms with E-state index in [2.05, 4.69) is 48.6 Å². The van der Waals surface area contributed by atoms with Gasteiger partial charge >= 0.3 is 0 Å². The van der Waals surface area contributed by atoms with Crippen LogP contribution in [0.25, 0.3) is 11.1 Å². The van der Waals surface area contributed by atoms with E-state index in [1.165, 1.54) is 11.1 Å². The summed E-state index contributed by atoms with van der Waals surface area (Å²) in [5.74, 6) is 0.562. The van der Waals surface area contributed by atoms with Crippen molar-refractivity contribution in [1.29, 1.82) is 0 Å². The zero-order chi connectivity index (χ0) is 18.1. The number of fused-ring (bicyclic) bond motifs is 1. The fraction of sp³-hybridized carbons (Fsp3) is 0.409. The van der Waals surface area contributed by atoms with Crippen LogP contribution >= 0.6 is 0 Å². The molecule has 1 aliphatic heterocycles. The molecule has 2 aromatic carbocycles. The number of carbonyl (C=O) groups is 1. The molecule has 4 unspecified atom stereocenters. The minimum absolute atomic E-state index is 0.0969. The molecule has 26 heavy (non-hydrogen) atoms. The van der Waals surface area contributed by atoms with E-state index in [1.807, 2.05) is 30.3 Å². The van der Waals surface area contributed by atoms with Gasteiger partial charge in [0.1, 0.15) is 0 Å². The van der Waals surface area contributed by atoms with Crippen LogP contribution < -0.4 is 5.32 Å². The van der Waals surface area contributed by atoms with Gasteiger partial charge in [0.2, 0.25) is 5.91 Å². The first-order chi connectivity index (χ1) is 12.6. The minimum Gasteiger partial charge on any atom is -0.376 e. The largest absolute Gasteiger partial charge is 0.376 e. The van der Waals surface area contributed by atoms with Crippen LogP contribution in [0.5, 0.6) is 0 Å². The minimum atomic E-state index is 0.0969. The van der Waals surface area contributed by atoms with Crippen LogP contribution in [0.15, 0.2) is 54.6 Å². The van der Waals surface area contributed by atoms with Crippen LogP contribution in [0.1, 0.15) is 12.0 Å². The molecule has 4 nitrogen and oxygen atoms in total. The summed E-state index contributed by atoms with van der Waals surface area (Å²) in [5.41, 5.74) is 3.41. The highest BCUT2D eigenvalue weighted by molar-refractivity contribution is 5.79. The quantitative estimate of drug-likeness (QED) is 0.902. The highest BCUT2D eigenvalue weighted by Crippen LogP contribution is 2.41. The van der Waals surface area contributed by atoms with Crippen molar-refractivity contribution in [3.63, 3.8) is 0 Å². The number of ether oxygens (including phenoxy) is 1. The summed E-state index contributed by atoms with van der Waals surface area (Å²) in [7, 11) is 4.12. The fourth-order valence-corrected chi connectivity index (χ4v) is 4.35. The Morgan fingerprint density at radius 1 is 1.08 bits per heavy atom. The van der Waals surface area contributed by atoms with Crippen molar-refractivity contribution in [2.45, 2.75) is 31.0 Å². The average Bonchev–Trinajstić information content (AvgIpc) is 3.04. The van der Waals surface area contributed by atoms with Gasteiger partial charge in [-0.2, -0.15) is 0 Å². The fourth-order valence-electron chi connectivity index (χ4n) is 4.35. The lowest BCUT2D eigenvalue weighted by molar-refractivity contribution is -0.127. The van der Waals surface area contributed by atoms with E-state index >= 15 is 0 Å². The standard InChI is InChI=1S/C22H26N2O2/c1-24(2)21-20(18-12-13-26-22(18)21)23-19(25)14-15-8-10-17(11-9-15)16-6-4-3-5-7-16/h3-11,18,20-22H,12-14H2,1-2H3,(H,23,25). The number of nitrogens with one attached hydrogen (secondary N) is 1. The van der Waals surface area contributed by atoms with Crippen LogP contribution in [0.4, 0.5) is 0 Å². The predicted molar refractivity (Wildman–Crippen MR) is 103 cm³/mol. The van der Waals surface area contributed by atoms with Crippen molar-refractivity contribution < 1.29 is 9.53 Å². The summed E-state index contributed by atoms with van der Waals surface area (Å²) in [6.45, 7) is 0.812. The number of benzene rings is 2. The van der Waals surface area contributed by atoms with Crippen molar-refractivity contribution in [1.82, 2.24) is 10.2 Å². The van der Waals surface area contributed by atoms with E-state index in [9.17, 15) is 4.79 Å². The molecule has 0 spiro atoms. The molecule has 2 fully saturated rings. The zero-order valence-corrected chi connectivity index (χ0v) is 15.4. The summed E-state index contributed by atoms with van der Waals surface area (Å²) in [6.07, 6.45) is 1.75. The van der Waals surface area contributed by atoms with Gasteiger partial charge < -0.3 is 15.0 Å². The predicted octanol–water partition coefficient (Wildman–Crippen LogP) is 2.73. The van der Waals surface area contributed by atoms with Crippen LogP contribution in [0.3, 0.4) is 0 Å². The van der Waals surface area contributed by atoms with Crippen molar-refractivity contribution >= 4 is 5.91 Å². The van der Waals surface area contributed by atoms with Gasteiger partial charge in [-0.15, -0.1) is 0 Å². The van der Waals surface area contributed by atoms with Crippen LogP contribution in [-0.4, -0.2) is 49.7 Å². The molecule has 0 aromatic heterocycles. The van der Waals surface area contributed by atoms with E-state index in [4.69, 9.17) is 4.74 Å². The van der Waals surface area contributed by atoms with E-state index in [1.54, 1.807) is 0 Å². The summed E-state index contributed by atoms with van der Waals surface area (Å²) in [5, 5.41) is 3.25. The number of amides is 1. The Morgan fingerprint density at radius 3 is 2.46 bits per heavy atom. The molecule has 4 rings (SSSR count). The molecule has 0 bridgehead atoms. The number of nitrogens with zero attached hydrogens (tertiary/aromatic N) is 1. The van der Waals surface area contributed by atoms with Crippen LogP contribution in [-0.2, 0) is 16.0 Å². The first-order valence-electron chi connectivity index (χ1n) is 9.35. The first kappa shape index (κ1) is 17.3. The number of likely N-dealkylation sites (N-methyl/N-ethyl adjacent to an activating group) is 1. The Balaban J connectivity index is 1.38. The average molecular weight is 350 g/mol. The molecule has 4 heteroatoms. The van der Waals surface area contributed by atoms with Crippen molar-refractivity contribution in [3.8, 4) is 11.1 Å². The lowest BCUT2D eigenvalue weighted by Crippen LogP contribution is -2.69. The molecule has 136 valence electrons. The summed E-state index contributed by atoms with van der Waals surface area (Å²) >= 11 is 0. The maximum atomic E-state index is 12.6. The smallest absolute Gasteiger partial charge is 0.224 e. The molecule has 1 saturated carbocycles. The molecule has 2 aliphatic rings. The normalized spacial score (nSPS) is 27.0. The van der Waals surface area contributed by atoms with Gasteiger partial charge in [0.25, 0.3) is 0 Å². The maximum Gasteiger partial charge on any atom is 0.224 e. The lowest BCUT2D eigenvalue weighted by atomic mass is 9.71. The molecular formula is C22H26N2O2. The molecule has 4 atom stereocenters. The second kappa shape index (κ2) is 7.22. The third-order valence-electron chi connectivity index (χ3n) is 5.70. The van der Waals surface area contributed by atoms with E-state index < -0.39 is 0 Å². The summed E-state index contributed by atoms with van der Waals surface area (Å²) < 4.78 is 5.82. The Kier molecular flexibility index (Phi) is 4.79. The summed E-state index contributed by atoms with van der Waals surface area (Å²) in [6, 6.07) is 19.0. The number of carbonyl (C=O) groups excluding carboxylic acids is 1. The third kappa shape index (κ3) is 3.27. The Labute approximate surface area is 155 Å². The van der Waals surface area contributed by atoms with Gasteiger partial charge in [-0.1, -0.05) is 54.6 Å². The van der Waals surface area contributed by atoms with E-state index in [0.717, 1.165) is 18.6 Å². The van der Waals surface area contributed by atoms with Crippen molar-refractivity contribution in [2.24, 2.45) is 5.92 Å². The van der Waals surface area contributed by atoms with Gasteiger partial charge in [-0.05, 0) is 37.2 Å². The molecule has 0 radical (unpaired) electrons. The molecule has 1 aliphatic carbocycles. The van der Waals surface area contributed by atoms with Gasteiger partial charge in [-0.3, -0.25) is 4.79 Å². The number of rotatable bonds is 5. The second-order valence-electron chi connectivity index (χ2n) is 7.58. The van der Waals surface area contributed by atoms with Crippen LogP contribution in [0.2, 0.25) is 0 Å². The molecule has 1 heterocycles.